The maximum Gasteiger partial charge on any atom is 0.237 e. The number of amides is 1. The number of carbonyl (C=O) groups is 1. The van der Waals surface area contributed by atoms with Crippen LogP contribution in [0, 0.1) is 5.82 Å². The zero-order valence-electron chi connectivity index (χ0n) is 19.0. The van der Waals surface area contributed by atoms with Gasteiger partial charge in [-0.3, -0.25) is 9.69 Å². The monoisotopic (exact) mass is 448 g/mol. The third-order valence-corrected chi connectivity index (χ3v) is 5.97. The molecule has 4 rings (SSSR count). The summed E-state index contributed by atoms with van der Waals surface area (Å²) < 4.78 is 18.6. The lowest BCUT2D eigenvalue weighted by molar-refractivity contribution is -0.122. The Kier molecular flexibility index (Phi) is 7.01. The van der Waals surface area contributed by atoms with Crippen molar-refractivity contribution >= 4 is 17.4 Å². The molecule has 33 heavy (non-hydrogen) atoms. The van der Waals surface area contributed by atoms with Crippen molar-refractivity contribution in [2.75, 3.05) is 37.4 Å². The van der Waals surface area contributed by atoms with E-state index in [9.17, 15) is 9.18 Å². The number of nitrogens with zero attached hydrogens (tertiary/aromatic N) is 2. The summed E-state index contributed by atoms with van der Waals surface area (Å²) in [4.78, 5) is 20.6. The van der Waals surface area contributed by atoms with Crippen molar-refractivity contribution in [2.45, 2.75) is 25.4 Å². The van der Waals surface area contributed by atoms with E-state index in [1.807, 2.05) is 37.3 Å². The van der Waals surface area contributed by atoms with Crippen LogP contribution in [0.25, 0.3) is 0 Å². The third-order valence-electron chi connectivity index (χ3n) is 5.97. The van der Waals surface area contributed by atoms with Gasteiger partial charge in [-0.25, -0.2) is 9.37 Å². The predicted octanol–water partition coefficient (Wildman–Crippen LogP) is 4.19. The zero-order chi connectivity index (χ0) is 23.3. The number of aromatic nitrogens is 1. The standard InChI is InChI=1S/C26H29FN4O2/c1-26(25(32)29-22-11-9-21(27)10-12-22)18-31(14-15-33-2)17-20-8-13-23(30-24(20)26)28-16-19-6-4-3-5-7-19/h3-13H,14-18H2,1-2H3,(H,28,30)(H,29,32). The first-order valence-corrected chi connectivity index (χ1v) is 11.0. The highest BCUT2D eigenvalue weighted by atomic mass is 19.1. The van der Waals surface area contributed by atoms with Gasteiger partial charge in [0.2, 0.25) is 5.91 Å². The second-order valence-electron chi connectivity index (χ2n) is 8.54. The van der Waals surface area contributed by atoms with Crippen LogP contribution in [0.1, 0.15) is 23.7 Å². The minimum Gasteiger partial charge on any atom is -0.383 e. The van der Waals surface area contributed by atoms with Gasteiger partial charge in [0.25, 0.3) is 0 Å². The second-order valence-corrected chi connectivity index (χ2v) is 8.54. The molecule has 0 radical (unpaired) electrons. The molecule has 172 valence electrons. The minimum atomic E-state index is -0.889. The second kappa shape index (κ2) is 10.1. The van der Waals surface area contributed by atoms with Gasteiger partial charge in [-0.2, -0.15) is 0 Å². The number of anilines is 2. The number of pyridine rings is 1. The Morgan fingerprint density at radius 1 is 1.12 bits per heavy atom. The molecular weight excluding hydrogens is 419 g/mol. The van der Waals surface area contributed by atoms with Crippen LogP contribution in [-0.4, -0.2) is 42.6 Å². The maximum absolute atomic E-state index is 13.5. The average molecular weight is 449 g/mol. The van der Waals surface area contributed by atoms with Crippen molar-refractivity contribution in [3.63, 3.8) is 0 Å². The average Bonchev–Trinajstić information content (AvgIpc) is 2.83. The largest absolute Gasteiger partial charge is 0.383 e. The number of ether oxygens (including phenoxy) is 1. The molecule has 1 aromatic heterocycles. The van der Waals surface area contributed by atoms with E-state index in [1.54, 1.807) is 19.2 Å². The molecule has 1 unspecified atom stereocenters. The van der Waals surface area contributed by atoms with Gasteiger partial charge in [0.15, 0.2) is 0 Å². The molecule has 1 atom stereocenters. The molecule has 7 heteroatoms. The number of carbonyl (C=O) groups excluding carboxylic acids is 1. The lowest BCUT2D eigenvalue weighted by Crippen LogP contribution is -2.52. The topological polar surface area (TPSA) is 66.5 Å². The van der Waals surface area contributed by atoms with Gasteiger partial charge in [-0.15, -0.1) is 0 Å². The summed E-state index contributed by atoms with van der Waals surface area (Å²) in [6, 6.07) is 19.9. The van der Waals surface area contributed by atoms with E-state index in [0.717, 1.165) is 22.6 Å². The molecule has 0 saturated carbocycles. The molecule has 0 bridgehead atoms. The zero-order valence-corrected chi connectivity index (χ0v) is 19.0. The Hall–Kier alpha value is -3.29. The summed E-state index contributed by atoms with van der Waals surface area (Å²) in [5, 5.41) is 6.32. The molecular formula is C26H29FN4O2. The summed E-state index contributed by atoms with van der Waals surface area (Å²) in [5.41, 5.74) is 2.59. The van der Waals surface area contributed by atoms with Gasteiger partial charge in [-0.05, 0) is 48.4 Å². The van der Waals surface area contributed by atoms with Gasteiger partial charge in [0.1, 0.15) is 17.1 Å². The Bertz CT molecular complexity index is 1090. The normalized spacial score (nSPS) is 17.9. The van der Waals surface area contributed by atoms with Crippen LogP contribution in [0.15, 0.2) is 66.7 Å². The summed E-state index contributed by atoms with van der Waals surface area (Å²) in [5.74, 6) is 0.206. The number of hydrogen-bond acceptors (Lipinski definition) is 5. The molecule has 6 nitrogen and oxygen atoms in total. The summed E-state index contributed by atoms with van der Waals surface area (Å²) in [7, 11) is 1.67. The number of fused-ring (bicyclic) bond motifs is 1. The molecule has 0 fully saturated rings. The molecule has 1 amide bonds. The lowest BCUT2D eigenvalue weighted by Gasteiger charge is -2.40. The molecule has 2 heterocycles. The molecule has 0 saturated heterocycles. The van der Waals surface area contributed by atoms with Crippen LogP contribution in [0.4, 0.5) is 15.9 Å². The molecule has 1 aliphatic rings. The minimum absolute atomic E-state index is 0.176. The first-order chi connectivity index (χ1) is 16.0. The molecule has 0 aliphatic carbocycles. The van der Waals surface area contributed by atoms with Crippen LogP contribution in [0.2, 0.25) is 0 Å². The Morgan fingerprint density at radius 2 is 1.88 bits per heavy atom. The van der Waals surface area contributed by atoms with E-state index in [4.69, 9.17) is 9.72 Å². The van der Waals surface area contributed by atoms with Gasteiger partial charge in [0.05, 0.1) is 12.3 Å². The fraction of sp³-hybridized carbons (Fsp3) is 0.308. The van der Waals surface area contributed by atoms with Crippen LogP contribution in [-0.2, 0) is 28.0 Å². The van der Waals surface area contributed by atoms with E-state index in [2.05, 4.69) is 27.7 Å². The van der Waals surface area contributed by atoms with E-state index >= 15 is 0 Å². The fourth-order valence-corrected chi connectivity index (χ4v) is 4.16. The fourth-order valence-electron chi connectivity index (χ4n) is 4.16. The van der Waals surface area contributed by atoms with E-state index in [1.165, 1.54) is 12.1 Å². The number of methoxy groups -OCH3 is 1. The number of benzene rings is 2. The number of halogens is 1. The highest BCUT2D eigenvalue weighted by Crippen LogP contribution is 2.34. The van der Waals surface area contributed by atoms with E-state index in [-0.39, 0.29) is 11.7 Å². The first kappa shape index (κ1) is 22.9. The van der Waals surface area contributed by atoms with Crippen LogP contribution in [0.5, 0.6) is 0 Å². The summed E-state index contributed by atoms with van der Waals surface area (Å²) in [6.07, 6.45) is 0. The highest BCUT2D eigenvalue weighted by molar-refractivity contribution is 5.99. The third kappa shape index (κ3) is 5.38. The molecule has 0 spiro atoms. The predicted molar refractivity (Wildman–Crippen MR) is 128 cm³/mol. The van der Waals surface area contributed by atoms with Crippen LogP contribution in [0.3, 0.4) is 0 Å². The first-order valence-electron chi connectivity index (χ1n) is 11.0. The maximum atomic E-state index is 13.5. The highest BCUT2D eigenvalue weighted by Gasteiger charge is 2.43. The van der Waals surface area contributed by atoms with Crippen molar-refractivity contribution in [3.8, 4) is 0 Å². The van der Waals surface area contributed by atoms with E-state index < -0.39 is 5.41 Å². The number of nitrogens with one attached hydrogen (secondary N) is 2. The number of rotatable bonds is 8. The van der Waals surface area contributed by atoms with Crippen LogP contribution >= 0.6 is 0 Å². The van der Waals surface area contributed by atoms with Crippen molar-refractivity contribution in [2.24, 2.45) is 0 Å². The SMILES string of the molecule is COCCN1Cc2ccc(NCc3ccccc3)nc2C(C)(C(=O)Nc2ccc(F)cc2)C1. The lowest BCUT2D eigenvalue weighted by atomic mass is 9.79. The van der Waals surface area contributed by atoms with Crippen molar-refractivity contribution in [3.05, 3.63) is 89.4 Å². The van der Waals surface area contributed by atoms with Crippen molar-refractivity contribution in [1.29, 1.82) is 0 Å². The Balaban J connectivity index is 1.61. The smallest absolute Gasteiger partial charge is 0.237 e. The van der Waals surface area contributed by atoms with Gasteiger partial charge in [0, 0.05) is 39.0 Å². The summed E-state index contributed by atoms with van der Waals surface area (Å²) in [6.45, 7) is 5.05. The van der Waals surface area contributed by atoms with Gasteiger partial charge < -0.3 is 15.4 Å². The van der Waals surface area contributed by atoms with E-state index in [0.29, 0.717) is 38.5 Å². The molecule has 2 aromatic carbocycles. The van der Waals surface area contributed by atoms with Gasteiger partial charge in [-0.1, -0.05) is 36.4 Å². The quantitative estimate of drug-likeness (QED) is 0.541. The van der Waals surface area contributed by atoms with Crippen LogP contribution < -0.4 is 10.6 Å². The van der Waals surface area contributed by atoms with Crippen molar-refractivity contribution < 1.29 is 13.9 Å². The summed E-state index contributed by atoms with van der Waals surface area (Å²) >= 11 is 0. The number of hydrogen-bond donors (Lipinski definition) is 2. The Labute approximate surface area is 193 Å². The molecule has 1 aliphatic heterocycles. The van der Waals surface area contributed by atoms with Gasteiger partial charge >= 0.3 is 0 Å². The Morgan fingerprint density at radius 3 is 2.61 bits per heavy atom. The molecule has 2 N–H and O–H groups in total. The molecule has 3 aromatic rings. The van der Waals surface area contributed by atoms with Crippen molar-refractivity contribution in [1.82, 2.24) is 9.88 Å².